The molecule has 0 aromatic heterocycles. The topological polar surface area (TPSA) is 41.9 Å². The number of hydrogen-bond donors (Lipinski definition) is 1. The Bertz CT molecular complexity index is 889. The van der Waals surface area contributed by atoms with Crippen LogP contribution >= 0.6 is 0 Å². The van der Waals surface area contributed by atoms with Gasteiger partial charge in [-0.3, -0.25) is 4.90 Å². The maximum atomic E-state index is 10.6. The van der Waals surface area contributed by atoms with Crippen LogP contribution < -0.4 is 9.47 Å². The fraction of sp³-hybridized carbons (Fsp3) is 0.238. The molecule has 0 heterocycles. The molecule has 0 saturated carbocycles. The Balaban J connectivity index is 2.23. The molecule has 4 nitrogen and oxygen atoms in total. The van der Waals surface area contributed by atoms with Gasteiger partial charge in [0.2, 0.25) is 0 Å². The van der Waals surface area contributed by atoms with Gasteiger partial charge in [0.25, 0.3) is 0 Å². The minimum absolute atomic E-state index is 0.120. The molecular weight excluding hydrogens is 314 g/mol. The number of phenols is 1. The van der Waals surface area contributed by atoms with Crippen molar-refractivity contribution in [2.45, 2.75) is 6.04 Å². The van der Waals surface area contributed by atoms with Crippen molar-refractivity contribution in [3.8, 4) is 17.2 Å². The van der Waals surface area contributed by atoms with E-state index >= 15 is 0 Å². The molecule has 0 bridgehead atoms. The van der Waals surface area contributed by atoms with E-state index in [9.17, 15) is 5.11 Å². The van der Waals surface area contributed by atoms with Crippen molar-refractivity contribution in [2.24, 2.45) is 0 Å². The van der Waals surface area contributed by atoms with Gasteiger partial charge in [-0.2, -0.15) is 0 Å². The molecule has 3 aromatic carbocycles. The predicted octanol–water partition coefficient (Wildman–Crippen LogP) is 4.21. The second-order valence-corrected chi connectivity index (χ2v) is 6.20. The smallest absolute Gasteiger partial charge is 0.161 e. The molecule has 1 atom stereocenters. The lowest BCUT2D eigenvalue weighted by Gasteiger charge is -2.28. The number of ether oxygens (including phenoxy) is 2. The van der Waals surface area contributed by atoms with Crippen LogP contribution in [0.25, 0.3) is 10.8 Å². The number of methoxy groups -OCH3 is 2. The summed E-state index contributed by atoms with van der Waals surface area (Å²) >= 11 is 0. The number of phenolic OH excluding ortho intramolecular Hbond substituents is 1. The van der Waals surface area contributed by atoms with Crippen molar-refractivity contribution >= 4 is 10.8 Å². The van der Waals surface area contributed by atoms with Gasteiger partial charge in [-0.15, -0.1) is 0 Å². The zero-order valence-electron chi connectivity index (χ0n) is 15.0. The normalized spacial score (nSPS) is 12.4. The second-order valence-electron chi connectivity index (χ2n) is 6.20. The highest BCUT2D eigenvalue weighted by Crippen LogP contribution is 2.40. The summed E-state index contributed by atoms with van der Waals surface area (Å²) in [6.45, 7) is 0. The first-order valence-corrected chi connectivity index (χ1v) is 8.15. The molecule has 0 spiro atoms. The molecule has 0 aliphatic rings. The lowest BCUT2D eigenvalue weighted by atomic mass is 9.92. The molecule has 1 unspecified atom stereocenters. The Kier molecular flexibility index (Phi) is 4.81. The van der Waals surface area contributed by atoms with Crippen molar-refractivity contribution in [3.63, 3.8) is 0 Å². The summed E-state index contributed by atoms with van der Waals surface area (Å²) in [5, 5.41) is 12.8. The molecule has 0 aliphatic carbocycles. The molecule has 25 heavy (non-hydrogen) atoms. The highest BCUT2D eigenvalue weighted by Gasteiger charge is 2.23. The number of benzene rings is 3. The number of aromatic hydroxyl groups is 1. The first-order chi connectivity index (χ1) is 12.1. The molecule has 0 radical (unpaired) electrons. The van der Waals surface area contributed by atoms with Crippen molar-refractivity contribution < 1.29 is 14.6 Å². The maximum absolute atomic E-state index is 10.6. The van der Waals surface area contributed by atoms with Crippen molar-refractivity contribution in [1.82, 2.24) is 4.90 Å². The van der Waals surface area contributed by atoms with Gasteiger partial charge in [-0.25, -0.2) is 0 Å². The van der Waals surface area contributed by atoms with Gasteiger partial charge in [-0.05, 0) is 48.6 Å². The standard InChI is InChI=1S/C21H23NO3/c1-22(2)21(15-10-12-18(24-3)19(13-15)25-4)20-16-8-6-5-7-14(16)9-11-17(20)23/h5-13,21,23H,1-4H3. The van der Waals surface area contributed by atoms with Crippen molar-refractivity contribution in [3.05, 3.63) is 65.7 Å². The molecule has 0 amide bonds. The van der Waals surface area contributed by atoms with Gasteiger partial charge < -0.3 is 14.6 Å². The van der Waals surface area contributed by atoms with E-state index in [4.69, 9.17) is 9.47 Å². The Hall–Kier alpha value is -2.72. The van der Waals surface area contributed by atoms with Gasteiger partial charge in [0.1, 0.15) is 5.75 Å². The largest absolute Gasteiger partial charge is 0.508 e. The van der Waals surface area contributed by atoms with Crippen LogP contribution in [0.15, 0.2) is 54.6 Å². The third kappa shape index (κ3) is 3.13. The zero-order valence-corrected chi connectivity index (χ0v) is 15.0. The maximum Gasteiger partial charge on any atom is 0.161 e. The Morgan fingerprint density at radius 2 is 1.60 bits per heavy atom. The predicted molar refractivity (Wildman–Crippen MR) is 101 cm³/mol. The molecule has 1 N–H and O–H groups in total. The average molecular weight is 337 g/mol. The summed E-state index contributed by atoms with van der Waals surface area (Å²) < 4.78 is 10.8. The van der Waals surface area contributed by atoms with E-state index in [0.717, 1.165) is 21.9 Å². The summed E-state index contributed by atoms with van der Waals surface area (Å²) in [6, 6.07) is 17.5. The van der Waals surface area contributed by atoms with E-state index in [1.54, 1.807) is 20.3 Å². The van der Waals surface area contributed by atoms with Gasteiger partial charge in [0.15, 0.2) is 11.5 Å². The lowest BCUT2D eigenvalue weighted by Crippen LogP contribution is -2.21. The fourth-order valence-corrected chi connectivity index (χ4v) is 3.32. The second kappa shape index (κ2) is 7.03. The zero-order chi connectivity index (χ0) is 18.0. The Morgan fingerprint density at radius 3 is 2.28 bits per heavy atom. The summed E-state index contributed by atoms with van der Waals surface area (Å²) in [4.78, 5) is 2.09. The van der Waals surface area contributed by atoms with Crippen LogP contribution in [-0.2, 0) is 0 Å². The third-order valence-corrected chi connectivity index (χ3v) is 4.46. The molecule has 3 rings (SSSR count). The molecule has 0 aliphatic heterocycles. The molecular formula is C21H23NO3. The van der Waals surface area contributed by atoms with E-state index < -0.39 is 0 Å². The molecule has 0 saturated heterocycles. The summed E-state index contributed by atoms with van der Waals surface area (Å²) in [5.74, 6) is 1.64. The molecule has 3 aromatic rings. The Labute approximate surface area is 148 Å². The van der Waals surface area contributed by atoms with Crippen LogP contribution in [0.2, 0.25) is 0 Å². The third-order valence-electron chi connectivity index (χ3n) is 4.46. The highest BCUT2D eigenvalue weighted by atomic mass is 16.5. The highest BCUT2D eigenvalue weighted by molar-refractivity contribution is 5.88. The summed E-state index contributed by atoms with van der Waals surface area (Å²) in [6.07, 6.45) is 0. The Morgan fingerprint density at radius 1 is 0.880 bits per heavy atom. The van der Waals surface area contributed by atoms with E-state index in [0.29, 0.717) is 11.5 Å². The SMILES string of the molecule is COc1ccc(C(c2c(O)ccc3ccccc23)N(C)C)cc1OC. The molecule has 0 fully saturated rings. The minimum Gasteiger partial charge on any atom is -0.508 e. The number of fused-ring (bicyclic) bond motifs is 1. The first-order valence-electron chi connectivity index (χ1n) is 8.15. The quantitative estimate of drug-likeness (QED) is 0.757. The number of rotatable bonds is 5. The number of hydrogen-bond acceptors (Lipinski definition) is 4. The van der Waals surface area contributed by atoms with Gasteiger partial charge in [0, 0.05) is 5.56 Å². The van der Waals surface area contributed by atoms with Crippen LogP contribution in [-0.4, -0.2) is 38.3 Å². The van der Waals surface area contributed by atoms with Gasteiger partial charge in [-0.1, -0.05) is 36.4 Å². The van der Waals surface area contributed by atoms with E-state index in [1.165, 1.54) is 0 Å². The summed E-state index contributed by atoms with van der Waals surface area (Å²) in [5.41, 5.74) is 1.91. The van der Waals surface area contributed by atoms with E-state index in [2.05, 4.69) is 11.0 Å². The average Bonchev–Trinajstić information content (AvgIpc) is 2.63. The lowest BCUT2D eigenvalue weighted by molar-refractivity contribution is 0.328. The van der Waals surface area contributed by atoms with Crippen LogP contribution in [0.4, 0.5) is 0 Å². The van der Waals surface area contributed by atoms with Gasteiger partial charge in [0.05, 0.1) is 20.3 Å². The van der Waals surface area contributed by atoms with Crippen LogP contribution in [0.1, 0.15) is 17.2 Å². The monoisotopic (exact) mass is 337 g/mol. The van der Waals surface area contributed by atoms with Crippen molar-refractivity contribution in [1.29, 1.82) is 0 Å². The van der Waals surface area contributed by atoms with E-state index in [-0.39, 0.29) is 11.8 Å². The van der Waals surface area contributed by atoms with Crippen LogP contribution in [0.5, 0.6) is 17.2 Å². The van der Waals surface area contributed by atoms with Crippen LogP contribution in [0.3, 0.4) is 0 Å². The van der Waals surface area contributed by atoms with E-state index in [1.807, 2.05) is 56.6 Å². The molecule has 130 valence electrons. The number of nitrogens with zero attached hydrogens (tertiary/aromatic N) is 1. The van der Waals surface area contributed by atoms with Crippen LogP contribution in [0, 0.1) is 0 Å². The van der Waals surface area contributed by atoms with Gasteiger partial charge >= 0.3 is 0 Å². The summed E-state index contributed by atoms with van der Waals surface area (Å²) in [7, 11) is 7.25. The molecule has 4 heteroatoms. The minimum atomic E-state index is -0.120. The van der Waals surface area contributed by atoms with Crippen molar-refractivity contribution in [2.75, 3.05) is 28.3 Å². The fourth-order valence-electron chi connectivity index (χ4n) is 3.32. The first kappa shape index (κ1) is 17.1.